The summed E-state index contributed by atoms with van der Waals surface area (Å²) in [7, 11) is 0. The van der Waals surface area contributed by atoms with Gasteiger partial charge in [0.25, 0.3) is 0 Å². The first kappa shape index (κ1) is 23.5. The highest BCUT2D eigenvalue weighted by Crippen LogP contribution is 2.40. The van der Waals surface area contributed by atoms with Gasteiger partial charge in [0.2, 0.25) is 0 Å². The highest BCUT2D eigenvalue weighted by molar-refractivity contribution is 5.65. The number of benzene rings is 3. The van der Waals surface area contributed by atoms with Crippen LogP contribution in [0.15, 0.2) is 42.5 Å². The largest absolute Gasteiger partial charge is 0.432 e. The van der Waals surface area contributed by atoms with Crippen LogP contribution in [0.5, 0.6) is 5.75 Å². The standard InChI is InChI=1S/C22H13F9O/c1-10-3-4-12(5-11(10)2)13-6-15(23)20(16(24)7-13)22(30,31)32-14-8-17(25)19(18(26)9-14)21(27,28)29/h3-9H,1-2H3. The van der Waals surface area contributed by atoms with Gasteiger partial charge < -0.3 is 4.74 Å². The minimum absolute atomic E-state index is 0.0609. The average Bonchev–Trinajstić information content (AvgIpc) is 2.60. The third kappa shape index (κ3) is 4.53. The minimum Gasteiger partial charge on any atom is -0.429 e. The first-order valence-electron chi connectivity index (χ1n) is 8.91. The second kappa shape index (κ2) is 8.07. The van der Waals surface area contributed by atoms with Gasteiger partial charge in [0.05, 0.1) is 0 Å². The molecule has 0 atom stereocenters. The molecule has 3 aromatic carbocycles. The van der Waals surface area contributed by atoms with Gasteiger partial charge >= 0.3 is 12.3 Å². The molecule has 3 rings (SSSR count). The number of alkyl halides is 5. The van der Waals surface area contributed by atoms with Gasteiger partial charge in [0, 0.05) is 12.1 Å². The fraction of sp³-hybridized carbons (Fsp3) is 0.182. The second-order valence-corrected chi connectivity index (χ2v) is 6.99. The summed E-state index contributed by atoms with van der Waals surface area (Å²) in [4.78, 5) is 0. The molecule has 0 radical (unpaired) electrons. The Morgan fingerprint density at radius 2 is 1.09 bits per heavy atom. The number of hydrogen-bond acceptors (Lipinski definition) is 1. The number of rotatable bonds is 4. The van der Waals surface area contributed by atoms with Gasteiger partial charge in [-0.2, -0.15) is 22.0 Å². The molecule has 10 heteroatoms. The smallest absolute Gasteiger partial charge is 0.429 e. The van der Waals surface area contributed by atoms with Crippen LogP contribution in [0.25, 0.3) is 11.1 Å². The van der Waals surface area contributed by atoms with Crippen LogP contribution in [0, 0.1) is 37.1 Å². The fourth-order valence-electron chi connectivity index (χ4n) is 3.02. The van der Waals surface area contributed by atoms with Gasteiger partial charge in [0.1, 0.15) is 40.1 Å². The van der Waals surface area contributed by atoms with Crippen LogP contribution in [-0.4, -0.2) is 0 Å². The minimum atomic E-state index is -5.43. The number of ether oxygens (including phenoxy) is 1. The number of aryl methyl sites for hydroxylation is 2. The molecule has 0 amide bonds. The number of hydrogen-bond donors (Lipinski definition) is 0. The zero-order valence-electron chi connectivity index (χ0n) is 16.4. The molecule has 0 spiro atoms. The van der Waals surface area contributed by atoms with Crippen molar-refractivity contribution in [3.8, 4) is 16.9 Å². The highest BCUT2D eigenvalue weighted by Gasteiger charge is 2.43. The summed E-state index contributed by atoms with van der Waals surface area (Å²) < 4.78 is 127. The highest BCUT2D eigenvalue weighted by atomic mass is 19.4. The zero-order chi connectivity index (χ0) is 24.0. The van der Waals surface area contributed by atoms with Gasteiger partial charge in [0.15, 0.2) is 0 Å². The lowest BCUT2D eigenvalue weighted by atomic mass is 9.99. The Morgan fingerprint density at radius 3 is 1.56 bits per heavy atom. The second-order valence-electron chi connectivity index (χ2n) is 6.99. The molecule has 170 valence electrons. The van der Waals surface area contributed by atoms with E-state index in [9.17, 15) is 39.5 Å². The fourth-order valence-corrected chi connectivity index (χ4v) is 3.02. The van der Waals surface area contributed by atoms with E-state index in [1.54, 1.807) is 26.0 Å². The van der Waals surface area contributed by atoms with E-state index in [4.69, 9.17) is 0 Å². The van der Waals surface area contributed by atoms with Crippen LogP contribution >= 0.6 is 0 Å². The number of halogens is 9. The molecule has 32 heavy (non-hydrogen) atoms. The van der Waals surface area contributed by atoms with Gasteiger partial charge in [-0.3, -0.25) is 0 Å². The predicted octanol–water partition coefficient (Wildman–Crippen LogP) is 7.67. The van der Waals surface area contributed by atoms with Crippen molar-refractivity contribution in [3.63, 3.8) is 0 Å². The van der Waals surface area contributed by atoms with Crippen molar-refractivity contribution in [2.45, 2.75) is 26.1 Å². The molecule has 0 aliphatic rings. The van der Waals surface area contributed by atoms with Crippen molar-refractivity contribution in [1.82, 2.24) is 0 Å². The SMILES string of the molecule is Cc1ccc(-c2cc(F)c(C(F)(F)Oc3cc(F)c(C(F)(F)F)c(F)c3)c(F)c2)cc1C. The van der Waals surface area contributed by atoms with E-state index in [-0.39, 0.29) is 17.7 Å². The summed E-state index contributed by atoms with van der Waals surface area (Å²) in [6, 6.07) is 5.71. The van der Waals surface area contributed by atoms with E-state index in [0.29, 0.717) is 17.7 Å². The van der Waals surface area contributed by atoms with E-state index in [2.05, 4.69) is 4.74 Å². The zero-order valence-corrected chi connectivity index (χ0v) is 16.4. The molecule has 0 aliphatic carbocycles. The molecular weight excluding hydrogens is 451 g/mol. The third-order valence-electron chi connectivity index (χ3n) is 4.72. The molecule has 0 unspecified atom stereocenters. The maximum absolute atomic E-state index is 14.5. The Morgan fingerprint density at radius 1 is 0.594 bits per heavy atom. The van der Waals surface area contributed by atoms with Gasteiger partial charge in [-0.05, 0) is 48.2 Å². The third-order valence-corrected chi connectivity index (χ3v) is 4.72. The summed E-state index contributed by atoms with van der Waals surface area (Å²) in [6.07, 6.45) is -10.2. The summed E-state index contributed by atoms with van der Waals surface area (Å²) in [5, 5.41) is 0. The first-order chi connectivity index (χ1) is 14.7. The monoisotopic (exact) mass is 464 g/mol. The Bertz CT molecular complexity index is 1140. The van der Waals surface area contributed by atoms with E-state index in [1.807, 2.05) is 0 Å². The van der Waals surface area contributed by atoms with Crippen LogP contribution in [0.3, 0.4) is 0 Å². The molecule has 0 fully saturated rings. The topological polar surface area (TPSA) is 9.23 Å². The average molecular weight is 464 g/mol. The Balaban J connectivity index is 1.99. The maximum atomic E-state index is 14.5. The van der Waals surface area contributed by atoms with E-state index in [1.165, 1.54) is 6.07 Å². The van der Waals surface area contributed by atoms with E-state index in [0.717, 1.165) is 11.1 Å². The van der Waals surface area contributed by atoms with E-state index < -0.39 is 52.4 Å². The van der Waals surface area contributed by atoms with Gasteiger partial charge in [-0.25, -0.2) is 17.6 Å². The molecule has 1 nitrogen and oxygen atoms in total. The quantitative estimate of drug-likeness (QED) is 0.360. The Kier molecular flexibility index (Phi) is 5.92. The molecule has 0 bridgehead atoms. The molecule has 3 aromatic rings. The van der Waals surface area contributed by atoms with Crippen LogP contribution in [0.1, 0.15) is 22.3 Å². The molecule has 0 aliphatic heterocycles. The summed E-state index contributed by atoms with van der Waals surface area (Å²) in [5.41, 5.74) is -2.23. The maximum Gasteiger partial charge on any atom is 0.432 e. The molecule has 0 saturated carbocycles. The molecule has 0 N–H and O–H groups in total. The Labute approximate surface area is 176 Å². The van der Waals surface area contributed by atoms with E-state index >= 15 is 0 Å². The molecule has 0 aromatic heterocycles. The molecule has 0 saturated heterocycles. The summed E-state index contributed by atoms with van der Waals surface area (Å²) in [6.45, 7) is 3.54. The Hall–Kier alpha value is -3.17. The summed E-state index contributed by atoms with van der Waals surface area (Å²) in [5.74, 6) is -9.30. The van der Waals surface area contributed by atoms with Crippen molar-refractivity contribution < 1.29 is 44.3 Å². The van der Waals surface area contributed by atoms with Crippen molar-refractivity contribution in [1.29, 1.82) is 0 Å². The van der Waals surface area contributed by atoms with Crippen molar-refractivity contribution >= 4 is 0 Å². The van der Waals surface area contributed by atoms with Crippen LogP contribution in [0.4, 0.5) is 39.5 Å². The molecular formula is C22H13F9O. The first-order valence-corrected chi connectivity index (χ1v) is 8.91. The van der Waals surface area contributed by atoms with Crippen LogP contribution in [-0.2, 0) is 12.3 Å². The lowest BCUT2D eigenvalue weighted by molar-refractivity contribution is -0.189. The van der Waals surface area contributed by atoms with Gasteiger partial charge in [-0.1, -0.05) is 18.2 Å². The lowest BCUT2D eigenvalue weighted by Crippen LogP contribution is -2.25. The summed E-state index contributed by atoms with van der Waals surface area (Å²) >= 11 is 0. The van der Waals surface area contributed by atoms with Crippen molar-refractivity contribution in [2.24, 2.45) is 0 Å². The van der Waals surface area contributed by atoms with Gasteiger partial charge in [-0.15, -0.1) is 0 Å². The molecule has 0 heterocycles. The van der Waals surface area contributed by atoms with Crippen LogP contribution in [0.2, 0.25) is 0 Å². The van der Waals surface area contributed by atoms with Crippen LogP contribution < -0.4 is 4.74 Å². The normalized spacial score (nSPS) is 12.2. The van der Waals surface area contributed by atoms with Crippen molar-refractivity contribution in [2.75, 3.05) is 0 Å². The predicted molar refractivity (Wildman–Crippen MR) is 97.2 cm³/mol. The van der Waals surface area contributed by atoms with Crippen molar-refractivity contribution in [3.05, 3.63) is 88.0 Å². The lowest BCUT2D eigenvalue weighted by Gasteiger charge is -2.21.